The van der Waals surface area contributed by atoms with Crippen LogP contribution in [0.2, 0.25) is 0 Å². The Bertz CT molecular complexity index is 251. The molecular weight excluding hydrogens is 198 g/mol. The van der Waals surface area contributed by atoms with E-state index in [1.54, 1.807) is 6.92 Å². The van der Waals surface area contributed by atoms with Crippen LogP contribution in [0.1, 0.15) is 19.8 Å². The lowest BCUT2D eigenvalue weighted by Crippen LogP contribution is -2.51. The summed E-state index contributed by atoms with van der Waals surface area (Å²) in [5.74, 6) is -1.03. The number of rotatable bonds is 4. The molecular formula is C9H17N3O3. The van der Waals surface area contributed by atoms with Gasteiger partial charge >= 0.3 is 0 Å². The van der Waals surface area contributed by atoms with Crippen LogP contribution in [0, 0.1) is 0 Å². The summed E-state index contributed by atoms with van der Waals surface area (Å²) in [5.41, 5.74) is 4.91. The average Bonchev–Trinajstić information content (AvgIpc) is 2.68. The molecule has 1 aliphatic rings. The minimum atomic E-state index is -1.34. The first-order valence-corrected chi connectivity index (χ1v) is 5.03. The molecule has 0 saturated carbocycles. The second kappa shape index (κ2) is 5.09. The van der Waals surface area contributed by atoms with Crippen LogP contribution in [0.5, 0.6) is 0 Å². The molecule has 1 rings (SSSR count). The number of aliphatic hydroxyl groups is 1. The van der Waals surface area contributed by atoms with Crippen molar-refractivity contribution >= 4 is 11.8 Å². The van der Waals surface area contributed by atoms with Crippen LogP contribution in [-0.2, 0) is 9.59 Å². The fourth-order valence-electron chi connectivity index (χ4n) is 1.56. The summed E-state index contributed by atoms with van der Waals surface area (Å²) in [4.78, 5) is 22.2. The van der Waals surface area contributed by atoms with Gasteiger partial charge in [0.1, 0.15) is 0 Å². The Hall–Kier alpha value is -1.14. The van der Waals surface area contributed by atoms with Crippen molar-refractivity contribution in [3.63, 3.8) is 0 Å². The van der Waals surface area contributed by atoms with Gasteiger partial charge in [-0.15, -0.1) is 0 Å². The summed E-state index contributed by atoms with van der Waals surface area (Å²) < 4.78 is 0. The zero-order valence-electron chi connectivity index (χ0n) is 8.69. The van der Waals surface area contributed by atoms with Crippen molar-refractivity contribution in [1.29, 1.82) is 0 Å². The number of primary amides is 1. The zero-order valence-corrected chi connectivity index (χ0v) is 8.69. The quantitative estimate of drug-likeness (QED) is 0.439. The number of aliphatic hydroxyl groups excluding tert-OH is 1. The first-order valence-electron chi connectivity index (χ1n) is 5.03. The predicted molar refractivity (Wildman–Crippen MR) is 53.8 cm³/mol. The predicted octanol–water partition coefficient (Wildman–Crippen LogP) is -1.91. The molecule has 1 saturated heterocycles. The first kappa shape index (κ1) is 11.9. The average molecular weight is 215 g/mol. The van der Waals surface area contributed by atoms with E-state index in [4.69, 9.17) is 5.73 Å². The minimum absolute atomic E-state index is 0.194. The Morgan fingerprint density at radius 3 is 2.73 bits per heavy atom. The number of carbonyl (C=O) groups excluding carboxylic acids is 2. The highest BCUT2D eigenvalue weighted by Gasteiger charge is 2.26. The molecule has 1 fully saturated rings. The van der Waals surface area contributed by atoms with Crippen LogP contribution in [0.3, 0.4) is 0 Å². The molecule has 0 aromatic rings. The fourth-order valence-corrected chi connectivity index (χ4v) is 1.56. The summed E-state index contributed by atoms with van der Waals surface area (Å²) in [6, 6.07) is -0.870. The molecule has 0 aliphatic carbocycles. The molecule has 3 atom stereocenters. The lowest BCUT2D eigenvalue weighted by Gasteiger charge is -2.19. The number of carbonyl (C=O) groups is 2. The second-order valence-electron chi connectivity index (χ2n) is 3.79. The van der Waals surface area contributed by atoms with E-state index in [1.807, 2.05) is 0 Å². The Labute approximate surface area is 88.2 Å². The van der Waals surface area contributed by atoms with Crippen molar-refractivity contribution in [2.24, 2.45) is 5.73 Å². The van der Waals surface area contributed by atoms with E-state index in [2.05, 4.69) is 10.6 Å². The molecule has 6 nitrogen and oxygen atoms in total. The van der Waals surface area contributed by atoms with Crippen molar-refractivity contribution in [1.82, 2.24) is 10.6 Å². The number of nitrogens with two attached hydrogens (primary N) is 1. The molecule has 86 valence electrons. The summed E-state index contributed by atoms with van der Waals surface area (Å²) in [5, 5.41) is 14.8. The summed E-state index contributed by atoms with van der Waals surface area (Å²) >= 11 is 0. The van der Waals surface area contributed by atoms with Crippen molar-refractivity contribution in [3.8, 4) is 0 Å². The van der Waals surface area contributed by atoms with E-state index in [0.29, 0.717) is 0 Å². The molecule has 0 aromatic carbocycles. The van der Waals surface area contributed by atoms with Gasteiger partial charge in [-0.3, -0.25) is 9.59 Å². The van der Waals surface area contributed by atoms with Crippen LogP contribution in [0.25, 0.3) is 0 Å². The van der Waals surface area contributed by atoms with Crippen molar-refractivity contribution in [2.45, 2.75) is 38.0 Å². The molecule has 15 heavy (non-hydrogen) atoms. The third-order valence-corrected chi connectivity index (χ3v) is 2.51. The maximum Gasteiger partial charge on any atom is 0.248 e. The Morgan fingerprint density at radius 1 is 1.60 bits per heavy atom. The monoisotopic (exact) mass is 215 g/mol. The Morgan fingerprint density at radius 2 is 2.27 bits per heavy atom. The number of hydrogen-bond acceptors (Lipinski definition) is 4. The molecule has 0 radical (unpaired) electrons. The van der Waals surface area contributed by atoms with E-state index in [0.717, 1.165) is 19.4 Å². The molecule has 0 unspecified atom stereocenters. The smallest absolute Gasteiger partial charge is 0.248 e. The molecule has 5 N–H and O–H groups in total. The maximum absolute atomic E-state index is 11.5. The topological polar surface area (TPSA) is 104 Å². The van der Waals surface area contributed by atoms with E-state index >= 15 is 0 Å². The normalized spacial score (nSPS) is 24.5. The van der Waals surface area contributed by atoms with Crippen molar-refractivity contribution in [3.05, 3.63) is 0 Å². The Balaban J connectivity index is 2.39. The lowest BCUT2D eigenvalue weighted by atomic mass is 10.1. The van der Waals surface area contributed by atoms with Crippen molar-refractivity contribution in [2.75, 3.05) is 6.54 Å². The lowest BCUT2D eigenvalue weighted by molar-refractivity contribution is -0.129. The molecule has 0 aromatic heterocycles. The minimum Gasteiger partial charge on any atom is -0.381 e. The van der Waals surface area contributed by atoms with Gasteiger partial charge in [-0.2, -0.15) is 0 Å². The Kier molecular flexibility index (Phi) is 4.05. The van der Waals surface area contributed by atoms with E-state index in [9.17, 15) is 14.7 Å². The number of amides is 2. The van der Waals surface area contributed by atoms with Crippen LogP contribution >= 0.6 is 0 Å². The van der Waals surface area contributed by atoms with E-state index in [-0.39, 0.29) is 11.9 Å². The SMILES string of the molecule is C[C@H](NC(=O)[C@@H]1CCCN1)[C@@H](O)C(N)=O. The molecule has 2 amide bonds. The number of nitrogens with one attached hydrogen (secondary N) is 2. The first-order chi connectivity index (χ1) is 7.02. The van der Waals surface area contributed by atoms with E-state index < -0.39 is 18.1 Å². The van der Waals surface area contributed by atoms with Gasteiger partial charge in [0.2, 0.25) is 11.8 Å². The van der Waals surface area contributed by atoms with Crippen molar-refractivity contribution < 1.29 is 14.7 Å². The van der Waals surface area contributed by atoms with Gasteiger partial charge in [-0.1, -0.05) is 0 Å². The van der Waals surface area contributed by atoms with Gasteiger partial charge in [0.15, 0.2) is 6.10 Å². The zero-order chi connectivity index (χ0) is 11.4. The molecule has 0 bridgehead atoms. The highest BCUT2D eigenvalue weighted by Crippen LogP contribution is 2.05. The molecule has 1 heterocycles. The van der Waals surface area contributed by atoms with Gasteiger partial charge < -0.3 is 21.5 Å². The molecule has 0 spiro atoms. The standard InChI is InChI=1S/C9H17N3O3/c1-5(7(13)8(10)14)12-9(15)6-3-2-4-11-6/h5-7,11,13H,2-4H2,1H3,(H2,10,14)(H,12,15)/t5-,6-,7+/m0/s1. The summed E-state index contributed by atoms with van der Waals surface area (Å²) in [6.07, 6.45) is 0.408. The highest BCUT2D eigenvalue weighted by atomic mass is 16.3. The number of hydrogen-bond donors (Lipinski definition) is 4. The second-order valence-corrected chi connectivity index (χ2v) is 3.79. The molecule has 1 aliphatic heterocycles. The van der Waals surface area contributed by atoms with Gasteiger partial charge in [0.05, 0.1) is 12.1 Å². The van der Waals surface area contributed by atoms with Crippen LogP contribution in [0.4, 0.5) is 0 Å². The molecule has 6 heteroatoms. The van der Waals surface area contributed by atoms with Gasteiger partial charge in [0.25, 0.3) is 0 Å². The third-order valence-electron chi connectivity index (χ3n) is 2.51. The van der Waals surface area contributed by atoms with E-state index in [1.165, 1.54) is 0 Å². The van der Waals surface area contributed by atoms with Crippen LogP contribution in [0.15, 0.2) is 0 Å². The summed E-state index contributed by atoms with van der Waals surface area (Å²) in [6.45, 7) is 2.37. The van der Waals surface area contributed by atoms with Gasteiger partial charge in [-0.25, -0.2) is 0 Å². The third kappa shape index (κ3) is 3.17. The highest BCUT2D eigenvalue weighted by molar-refractivity contribution is 5.84. The maximum atomic E-state index is 11.5. The van der Waals surface area contributed by atoms with Gasteiger partial charge in [0, 0.05) is 0 Å². The largest absolute Gasteiger partial charge is 0.381 e. The van der Waals surface area contributed by atoms with Crippen LogP contribution < -0.4 is 16.4 Å². The van der Waals surface area contributed by atoms with Gasteiger partial charge in [-0.05, 0) is 26.3 Å². The van der Waals surface area contributed by atoms with Crippen LogP contribution in [-0.4, -0.2) is 41.7 Å². The fraction of sp³-hybridized carbons (Fsp3) is 0.778. The summed E-state index contributed by atoms with van der Waals surface area (Å²) in [7, 11) is 0.